The Morgan fingerprint density at radius 1 is 1.09 bits per heavy atom. The van der Waals surface area contributed by atoms with Crippen LogP contribution in [0.25, 0.3) is 0 Å². The molecule has 1 aromatic rings. The molecule has 5 rings (SSSR count). The number of amides is 4. The maximum atomic E-state index is 13.3. The van der Waals surface area contributed by atoms with Crippen molar-refractivity contribution in [3.63, 3.8) is 0 Å². The minimum Gasteiger partial charge on any atom is -0.378 e. The summed E-state index contributed by atoms with van der Waals surface area (Å²) in [7, 11) is 1.32. The zero-order valence-electron chi connectivity index (χ0n) is 17.5. The van der Waals surface area contributed by atoms with Crippen molar-refractivity contribution in [1.29, 1.82) is 0 Å². The molecular weight excluding hydrogens is 422 g/mol. The number of nitrogens with one attached hydrogen (secondary N) is 1. The highest BCUT2D eigenvalue weighted by molar-refractivity contribution is 6.20. The molecule has 4 amide bonds. The van der Waals surface area contributed by atoms with Gasteiger partial charge in [-0.1, -0.05) is 0 Å². The number of urea groups is 1. The Morgan fingerprint density at radius 2 is 1.81 bits per heavy atom. The first kappa shape index (κ1) is 20.6. The summed E-state index contributed by atoms with van der Waals surface area (Å²) in [4.78, 5) is 54.7. The fourth-order valence-corrected chi connectivity index (χ4v) is 5.17. The lowest BCUT2D eigenvalue weighted by Gasteiger charge is -2.53. The van der Waals surface area contributed by atoms with E-state index in [0.717, 1.165) is 10.6 Å². The number of morpholine rings is 2. The van der Waals surface area contributed by atoms with Crippen LogP contribution in [0.2, 0.25) is 0 Å². The van der Waals surface area contributed by atoms with E-state index in [2.05, 4.69) is 5.32 Å². The number of hydrogen-bond acceptors (Lipinski definition) is 9. The topological polar surface area (TPSA) is 135 Å². The second kappa shape index (κ2) is 7.41. The largest absolute Gasteiger partial charge is 0.378 e. The number of carbonyl (C=O) groups excluding carboxylic acids is 3. The zero-order valence-corrected chi connectivity index (χ0v) is 17.5. The summed E-state index contributed by atoms with van der Waals surface area (Å²) in [5.41, 5.74) is 0.0737. The Labute approximate surface area is 183 Å². The minimum atomic E-state index is -1.61. The molecule has 1 N–H and O–H groups in total. The Morgan fingerprint density at radius 3 is 2.53 bits per heavy atom. The lowest BCUT2D eigenvalue weighted by molar-refractivity contribution is -0.384. The number of benzene rings is 1. The number of nitro benzene ring substituents is 1. The summed E-state index contributed by atoms with van der Waals surface area (Å²) in [5.74, 6) is -1.33. The van der Waals surface area contributed by atoms with Crippen molar-refractivity contribution >= 4 is 34.9 Å². The molecule has 0 aliphatic carbocycles. The lowest BCUT2D eigenvalue weighted by Crippen LogP contribution is -2.73. The molecule has 4 aliphatic rings. The molecular formula is C20H23N5O7. The maximum Gasteiger partial charge on any atom is 0.330 e. The van der Waals surface area contributed by atoms with Gasteiger partial charge in [0.2, 0.25) is 11.8 Å². The molecule has 1 aromatic carbocycles. The normalized spacial score (nSPS) is 27.8. The van der Waals surface area contributed by atoms with Gasteiger partial charge in [-0.05, 0) is 11.6 Å². The standard InChI is InChI=1S/C20H23N5O7/c1-22-18(27)20(17(26)21-19(22)28)10-12-8-15(25(29)30)14(23-2-5-31-6-3-23)9-13(12)24-4-7-32-11-16(20)24/h8-9,16H,2-7,10-11H2,1H3,(H,21,26,28)/t16-,20+/m1/s1. The summed E-state index contributed by atoms with van der Waals surface area (Å²) in [6.07, 6.45) is -0.0562. The van der Waals surface area contributed by atoms with Gasteiger partial charge in [0.15, 0.2) is 5.41 Å². The van der Waals surface area contributed by atoms with E-state index in [9.17, 15) is 24.5 Å². The summed E-state index contributed by atoms with van der Waals surface area (Å²) in [6.45, 7) is 2.95. The Hall–Kier alpha value is -3.25. The van der Waals surface area contributed by atoms with Crippen molar-refractivity contribution in [3.8, 4) is 0 Å². The van der Waals surface area contributed by atoms with Crippen molar-refractivity contribution in [2.45, 2.75) is 12.5 Å². The molecule has 0 saturated carbocycles. The lowest BCUT2D eigenvalue weighted by atomic mass is 9.68. The van der Waals surface area contributed by atoms with Crippen LogP contribution in [-0.2, 0) is 25.5 Å². The minimum absolute atomic E-state index is 0.0562. The molecule has 2 atom stereocenters. The molecule has 4 aliphatic heterocycles. The van der Waals surface area contributed by atoms with Crippen molar-refractivity contribution < 1.29 is 28.8 Å². The Kier molecular flexibility index (Phi) is 4.78. The first-order valence-electron chi connectivity index (χ1n) is 10.5. The predicted octanol–water partition coefficient (Wildman–Crippen LogP) is -0.113. The van der Waals surface area contributed by atoms with Gasteiger partial charge in [-0.2, -0.15) is 0 Å². The molecule has 12 heteroatoms. The van der Waals surface area contributed by atoms with E-state index < -0.39 is 34.2 Å². The van der Waals surface area contributed by atoms with Gasteiger partial charge in [0.05, 0.1) is 37.4 Å². The van der Waals surface area contributed by atoms with Crippen LogP contribution in [0.3, 0.4) is 0 Å². The number of nitro groups is 1. The molecule has 3 saturated heterocycles. The van der Waals surface area contributed by atoms with Crippen molar-refractivity contribution in [3.05, 3.63) is 27.8 Å². The molecule has 0 aromatic heterocycles. The number of barbiturate groups is 1. The van der Waals surface area contributed by atoms with Gasteiger partial charge in [-0.15, -0.1) is 0 Å². The SMILES string of the molecule is CN1C(=O)NC(=O)[C@@]2(Cc3cc([N+](=O)[O-])c(N4CCOCC4)cc3N3CCOC[C@@H]32)C1=O. The van der Waals surface area contributed by atoms with Crippen molar-refractivity contribution in [1.82, 2.24) is 10.2 Å². The van der Waals surface area contributed by atoms with E-state index >= 15 is 0 Å². The Bertz CT molecular complexity index is 1020. The van der Waals surface area contributed by atoms with Gasteiger partial charge < -0.3 is 19.3 Å². The molecule has 4 heterocycles. The number of fused-ring (bicyclic) bond motifs is 4. The Balaban J connectivity index is 1.67. The number of anilines is 2. The average molecular weight is 445 g/mol. The molecule has 3 fully saturated rings. The first-order chi connectivity index (χ1) is 15.3. The van der Waals surface area contributed by atoms with Crippen LogP contribution in [0.4, 0.5) is 21.9 Å². The average Bonchev–Trinajstić information content (AvgIpc) is 2.81. The quantitative estimate of drug-likeness (QED) is 0.376. The molecule has 0 bridgehead atoms. The van der Waals surface area contributed by atoms with Gasteiger partial charge in [0.25, 0.3) is 5.69 Å². The number of hydrogen-bond donors (Lipinski definition) is 1. The first-order valence-corrected chi connectivity index (χ1v) is 10.5. The van der Waals surface area contributed by atoms with Crippen LogP contribution < -0.4 is 15.1 Å². The number of nitrogens with zero attached hydrogens (tertiary/aromatic N) is 4. The number of carbonyl (C=O) groups is 3. The van der Waals surface area contributed by atoms with Crippen molar-refractivity contribution in [2.75, 3.05) is 62.9 Å². The zero-order chi connectivity index (χ0) is 22.6. The van der Waals surface area contributed by atoms with Gasteiger partial charge in [0.1, 0.15) is 5.69 Å². The number of ether oxygens (including phenoxy) is 2. The van der Waals surface area contributed by atoms with Crippen LogP contribution in [0.15, 0.2) is 12.1 Å². The third-order valence-corrected chi connectivity index (χ3v) is 6.82. The summed E-state index contributed by atoms with van der Waals surface area (Å²) in [6, 6.07) is 1.83. The summed E-state index contributed by atoms with van der Waals surface area (Å²) in [5, 5.41) is 14.2. The van der Waals surface area contributed by atoms with E-state index in [4.69, 9.17) is 9.47 Å². The predicted molar refractivity (Wildman–Crippen MR) is 111 cm³/mol. The number of rotatable bonds is 2. The molecule has 32 heavy (non-hydrogen) atoms. The third-order valence-electron chi connectivity index (χ3n) is 6.82. The van der Waals surface area contributed by atoms with E-state index in [-0.39, 0.29) is 18.7 Å². The van der Waals surface area contributed by atoms with Gasteiger partial charge in [-0.25, -0.2) is 4.79 Å². The highest BCUT2D eigenvalue weighted by atomic mass is 16.6. The number of imide groups is 2. The fourth-order valence-electron chi connectivity index (χ4n) is 5.17. The fraction of sp³-hybridized carbons (Fsp3) is 0.550. The van der Waals surface area contributed by atoms with Crippen LogP contribution in [0.1, 0.15) is 5.56 Å². The van der Waals surface area contributed by atoms with E-state index in [1.807, 2.05) is 9.80 Å². The monoisotopic (exact) mass is 445 g/mol. The third kappa shape index (κ3) is 2.86. The second-order valence-corrected chi connectivity index (χ2v) is 8.38. The second-order valence-electron chi connectivity index (χ2n) is 8.38. The molecule has 0 radical (unpaired) electrons. The summed E-state index contributed by atoms with van der Waals surface area (Å²) < 4.78 is 11.0. The van der Waals surface area contributed by atoms with Crippen LogP contribution in [0, 0.1) is 15.5 Å². The molecule has 1 spiro atoms. The highest BCUT2D eigenvalue weighted by Gasteiger charge is 2.62. The van der Waals surface area contributed by atoms with Gasteiger partial charge in [-0.3, -0.25) is 29.9 Å². The van der Waals surface area contributed by atoms with Crippen molar-refractivity contribution in [2.24, 2.45) is 5.41 Å². The van der Waals surface area contributed by atoms with Gasteiger partial charge in [0, 0.05) is 44.9 Å². The van der Waals surface area contributed by atoms with Crippen LogP contribution >= 0.6 is 0 Å². The van der Waals surface area contributed by atoms with E-state index in [0.29, 0.717) is 50.7 Å². The highest BCUT2D eigenvalue weighted by Crippen LogP contribution is 2.48. The smallest absolute Gasteiger partial charge is 0.330 e. The molecule has 170 valence electrons. The van der Waals surface area contributed by atoms with Crippen LogP contribution in [0.5, 0.6) is 0 Å². The maximum absolute atomic E-state index is 13.3. The molecule has 12 nitrogen and oxygen atoms in total. The van der Waals surface area contributed by atoms with Gasteiger partial charge >= 0.3 is 6.03 Å². The molecule has 0 unspecified atom stereocenters. The van der Waals surface area contributed by atoms with E-state index in [1.165, 1.54) is 13.1 Å². The van der Waals surface area contributed by atoms with Crippen LogP contribution in [-0.4, -0.2) is 86.8 Å². The van der Waals surface area contributed by atoms with E-state index in [1.54, 1.807) is 6.07 Å². The summed E-state index contributed by atoms with van der Waals surface area (Å²) >= 11 is 0.